The lowest BCUT2D eigenvalue weighted by Crippen LogP contribution is -2.14. The zero-order chi connectivity index (χ0) is 13.3. The van der Waals surface area contributed by atoms with Gasteiger partial charge in [-0.2, -0.15) is 0 Å². The Morgan fingerprint density at radius 3 is 2.39 bits per heavy atom. The van der Waals surface area contributed by atoms with Crippen molar-refractivity contribution < 1.29 is 9.90 Å². The molecule has 0 atom stereocenters. The maximum Gasteiger partial charge on any atom is 0.328 e. The van der Waals surface area contributed by atoms with Crippen molar-refractivity contribution in [2.24, 2.45) is 0 Å². The number of rotatable bonds is 2. The number of fused-ring (bicyclic) bond motifs is 1. The highest BCUT2D eigenvalue weighted by atomic mass is 16.4. The molecule has 0 radical (unpaired) electrons. The highest BCUT2D eigenvalue weighted by molar-refractivity contribution is 5.85. The minimum atomic E-state index is -0.893. The summed E-state index contributed by atoms with van der Waals surface area (Å²) in [5.41, 5.74) is 5.14. The number of hydrogen-bond donors (Lipinski definition) is 1. The van der Waals surface area contributed by atoms with Crippen molar-refractivity contribution in [2.45, 2.75) is 45.4 Å². The molecule has 0 amide bonds. The molecule has 1 aromatic carbocycles. The van der Waals surface area contributed by atoms with E-state index in [1.807, 2.05) is 0 Å². The van der Waals surface area contributed by atoms with E-state index >= 15 is 0 Å². The summed E-state index contributed by atoms with van der Waals surface area (Å²) in [5, 5.41) is 8.78. The van der Waals surface area contributed by atoms with Crippen molar-refractivity contribution in [1.29, 1.82) is 0 Å². The number of carboxylic acids is 1. The molecule has 2 rings (SSSR count). The SMILES string of the molecule is CC(C)(C)c1cc2c(cc1/C=C/C(=O)O)CCC2. The van der Waals surface area contributed by atoms with Crippen LogP contribution in [0.25, 0.3) is 6.08 Å². The van der Waals surface area contributed by atoms with Crippen LogP contribution in [0, 0.1) is 0 Å². The van der Waals surface area contributed by atoms with E-state index in [-0.39, 0.29) is 5.41 Å². The first-order chi connectivity index (χ1) is 8.38. The van der Waals surface area contributed by atoms with Gasteiger partial charge in [-0.3, -0.25) is 0 Å². The van der Waals surface area contributed by atoms with Crippen molar-refractivity contribution in [1.82, 2.24) is 0 Å². The second kappa shape index (κ2) is 4.60. The Morgan fingerprint density at radius 1 is 1.22 bits per heavy atom. The fourth-order valence-electron chi connectivity index (χ4n) is 2.59. The first-order valence-corrected chi connectivity index (χ1v) is 6.45. The molecule has 0 aliphatic heterocycles. The molecule has 2 nitrogen and oxygen atoms in total. The highest BCUT2D eigenvalue weighted by Crippen LogP contribution is 2.33. The second-order valence-electron chi connectivity index (χ2n) is 5.98. The van der Waals surface area contributed by atoms with E-state index in [1.165, 1.54) is 29.2 Å². The number of carboxylic acid groups (broad SMARTS) is 1. The highest BCUT2D eigenvalue weighted by Gasteiger charge is 2.21. The van der Waals surface area contributed by atoms with Crippen LogP contribution in [0.15, 0.2) is 18.2 Å². The summed E-state index contributed by atoms with van der Waals surface area (Å²) in [6.07, 6.45) is 6.44. The van der Waals surface area contributed by atoms with Crippen LogP contribution in [0.4, 0.5) is 0 Å². The Labute approximate surface area is 108 Å². The average molecular weight is 244 g/mol. The molecule has 0 unspecified atom stereocenters. The van der Waals surface area contributed by atoms with Gasteiger partial charge in [-0.25, -0.2) is 4.79 Å². The third kappa shape index (κ3) is 2.63. The average Bonchev–Trinajstić information content (AvgIpc) is 2.70. The van der Waals surface area contributed by atoms with E-state index in [4.69, 9.17) is 5.11 Å². The molecule has 0 spiro atoms. The zero-order valence-corrected chi connectivity index (χ0v) is 11.3. The normalized spacial score (nSPS) is 15.1. The van der Waals surface area contributed by atoms with E-state index in [9.17, 15) is 4.79 Å². The number of carbonyl (C=O) groups is 1. The van der Waals surface area contributed by atoms with Crippen LogP contribution >= 0.6 is 0 Å². The van der Waals surface area contributed by atoms with Gasteiger partial charge in [-0.05, 0) is 53.0 Å². The molecule has 1 aliphatic rings. The summed E-state index contributed by atoms with van der Waals surface area (Å²) in [5.74, 6) is -0.893. The third-order valence-electron chi connectivity index (χ3n) is 3.48. The zero-order valence-electron chi connectivity index (χ0n) is 11.3. The van der Waals surface area contributed by atoms with E-state index in [1.54, 1.807) is 6.08 Å². The number of benzene rings is 1. The fourth-order valence-corrected chi connectivity index (χ4v) is 2.59. The van der Waals surface area contributed by atoms with E-state index in [0.29, 0.717) is 0 Å². The first kappa shape index (κ1) is 12.9. The van der Waals surface area contributed by atoms with Crippen molar-refractivity contribution in [2.75, 3.05) is 0 Å². The predicted octanol–water partition coefficient (Wildman–Crippen LogP) is 3.57. The lowest BCUT2D eigenvalue weighted by atomic mass is 9.82. The minimum absolute atomic E-state index is 0.0375. The van der Waals surface area contributed by atoms with Crippen molar-refractivity contribution in [3.63, 3.8) is 0 Å². The van der Waals surface area contributed by atoms with Crippen LogP contribution in [0.3, 0.4) is 0 Å². The molecule has 0 heterocycles. The molecule has 0 saturated carbocycles. The number of aliphatic carboxylic acids is 1. The summed E-state index contributed by atoms with van der Waals surface area (Å²) < 4.78 is 0. The molecule has 1 aromatic rings. The van der Waals surface area contributed by atoms with Crippen LogP contribution in [0.2, 0.25) is 0 Å². The van der Waals surface area contributed by atoms with Crippen molar-refractivity contribution in [3.05, 3.63) is 40.5 Å². The molecular weight excluding hydrogens is 224 g/mol. The van der Waals surface area contributed by atoms with Crippen LogP contribution in [-0.4, -0.2) is 11.1 Å². The Morgan fingerprint density at radius 2 is 1.83 bits per heavy atom. The first-order valence-electron chi connectivity index (χ1n) is 6.45. The smallest absolute Gasteiger partial charge is 0.328 e. The summed E-state index contributed by atoms with van der Waals surface area (Å²) >= 11 is 0. The van der Waals surface area contributed by atoms with Gasteiger partial charge in [0.25, 0.3) is 0 Å². The van der Waals surface area contributed by atoms with Gasteiger partial charge in [0, 0.05) is 6.08 Å². The molecule has 0 bridgehead atoms. The lowest BCUT2D eigenvalue weighted by molar-refractivity contribution is -0.131. The molecular formula is C16H20O2. The van der Waals surface area contributed by atoms with E-state index in [2.05, 4.69) is 32.9 Å². The third-order valence-corrected chi connectivity index (χ3v) is 3.48. The number of hydrogen-bond acceptors (Lipinski definition) is 1. The summed E-state index contributed by atoms with van der Waals surface area (Å²) in [4.78, 5) is 10.7. The largest absolute Gasteiger partial charge is 0.478 e. The standard InChI is InChI=1S/C16H20O2/c1-16(2,3)14-10-12-6-4-5-11(12)9-13(14)7-8-15(17)18/h7-10H,4-6H2,1-3H3,(H,17,18)/b8-7+. The summed E-state index contributed by atoms with van der Waals surface area (Å²) in [6.45, 7) is 6.51. The Bertz CT molecular complexity index is 505. The van der Waals surface area contributed by atoms with Crippen molar-refractivity contribution in [3.8, 4) is 0 Å². The molecule has 1 N–H and O–H groups in total. The van der Waals surface area contributed by atoms with Crippen molar-refractivity contribution >= 4 is 12.0 Å². The molecule has 18 heavy (non-hydrogen) atoms. The Kier molecular flexibility index (Phi) is 3.29. The molecule has 0 aromatic heterocycles. The monoisotopic (exact) mass is 244 g/mol. The molecule has 96 valence electrons. The quantitative estimate of drug-likeness (QED) is 0.807. The molecule has 0 fully saturated rings. The second-order valence-corrected chi connectivity index (χ2v) is 5.98. The maximum atomic E-state index is 10.7. The summed E-state index contributed by atoms with van der Waals surface area (Å²) in [7, 11) is 0. The molecule has 0 saturated heterocycles. The Balaban J connectivity index is 2.52. The summed E-state index contributed by atoms with van der Waals surface area (Å²) in [6, 6.07) is 4.44. The van der Waals surface area contributed by atoms with E-state index < -0.39 is 5.97 Å². The fraction of sp³-hybridized carbons (Fsp3) is 0.438. The van der Waals surface area contributed by atoms with Gasteiger partial charge in [0.15, 0.2) is 0 Å². The predicted molar refractivity (Wildman–Crippen MR) is 73.8 cm³/mol. The van der Waals surface area contributed by atoms with Gasteiger partial charge in [0.1, 0.15) is 0 Å². The van der Waals surface area contributed by atoms with Gasteiger partial charge in [0.05, 0.1) is 0 Å². The van der Waals surface area contributed by atoms with Gasteiger partial charge in [0.2, 0.25) is 0 Å². The van der Waals surface area contributed by atoms with Gasteiger partial charge < -0.3 is 5.11 Å². The van der Waals surface area contributed by atoms with Crippen LogP contribution in [0.5, 0.6) is 0 Å². The number of aryl methyl sites for hydroxylation is 2. The van der Waals surface area contributed by atoms with Gasteiger partial charge in [-0.15, -0.1) is 0 Å². The maximum absolute atomic E-state index is 10.7. The van der Waals surface area contributed by atoms with Crippen LogP contribution in [-0.2, 0) is 23.1 Å². The van der Waals surface area contributed by atoms with E-state index in [0.717, 1.165) is 18.4 Å². The topological polar surface area (TPSA) is 37.3 Å². The minimum Gasteiger partial charge on any atom is -0.478 e. The van der Waals surface area contributed by atoms with Crippen LogP contribution < -0.4 is 0 Å². The molecule has 1 aliphatic carbocycles. The van der Waals surface area contributed by atoms with Gasteiger partial charge >= 0.3 is 5.97 Å². The Hall–Kier alpha value is -1.57. The van der Waals surface area contributed by atoms with Gasteiger partial charge in [-0.1, -0.05) is 32.9 Å². The van der Waals surface area contributed by atoms with Crippen LogP contribution in [0.1, 0.15) is 49.4 Å². The molecule has 2 heteroatoms. The lowest BCUT2D eigenvalue weighted by Gasteiger charge is -2.23.